The van der Waals surface area contributed by atoms with E-state index in [1.807, 2.05) is 4.89 Å². The van der Waals surface area contributed by atoms with Crippen LogP contribution in [0, 0.1) is 0 Å². The highest BCUT2D eigenvalue weighted by molar-refractivity contribution is 7.89. The molecule has 0 bridgehead atoms. The van der Waals surface area contributed by atoms with Gasteiger partial charge in [0, 0.05) is 7.05 Å². The van der Waals surface area contributed by atoms with Crippen LogP contribution in [0.2, 0.25) is 5.15 Å². The molecule has 16 heavy (non-hydrogen) atoms. The van der Waals surface area contributed by atoms with Crippen molar-refractivity contribution in [1.82, 2.24) is 14.4 Å². The van der Waals surface area contributed by atoms with Gasteiger partial charge in [-0.3, -0.25) is 4.84 Å². The number of sulfonamides is 1. The molecule has 1 N–H and O–H groups in total. The minimum absolute atomic E-state index is 0.0324. The fraction of sp³-hybridized carbons (Fsp3) is 0.625. The van der Waals surface area contributed by atoms with Crippen LogP contribution >= 0.6 is 11.6 Å². The first-order valence-corrected chi connectivity index (χ1v) is 6.36. The van der Waals surface area contributed by atoms with Crippen molar-refractivity contribution >= 4 is 21.6 Å². The maximum Gasteiger partial charge on any atom is 0.283 e. The molecule has 1 heterocycles. The first-order valence-electron chi connectivity index (χ1n) is 4.50. The summed E-state index contributed by atoms with van der Waals surface area (Å²) in [6.07, 6.45) is 1.31. The quantitative estimate of drug-likeness (QED) is 0.832. The maximum atomic E-state index is 11.7. The van der Waals surface area contributed by atoms with Crippen LogP contribution in [0.3, 0.4) is 0 Å². The molecule has 0 aliphatic carbocycles. The minimum atomic E-state index is -3.84. The van der Waals surface area contributed by atoms with E-state index in [2.05, 4.69) is 4.98 Å². The predicted molar refractivity (Wildman–Crippen MR) is 59.4 cm³/mol. The fourth-order valence-corrected chi connectivity index (χ4v) is 2.18. The van der Waals surface area contributed by atoms with Gasteiger partial charge in [0.1, 0.15) is 5.15 Å². The normalized spacial score (nSPS) is 13.1. The van der Waals surface area contributed by atoms with Crippen LogP contribution in [-0.2, 0) is 21.9 Å². The summed E-state index contributed by atoms with van der Waals surface area (Å²) in [5.41, 5.74) is -0.631. The molecule has 0 atom stereocenters. The molecule has 0 saturated carbocycles. The molecule has 0 aliphatic rings. The van der Waals surface area contributed by atoms with E-state index in [9.17, 15) is 8.42 Å². The molecular weight excluding hydrogens is 254 g/mol. The van der Waals surface area contributed by atoms with Crippen molar-refractivity contribution in [3.8, 4) is 0 Å². The van der Waals surface area contributed by atoms with E-state index in [1.165, 1.54) is 10.9 Å². The van der Waals surface area contributed by atoms with Crippen LogP contribution in [0.1, 0.15) is 20.8 Å². The second kappa shape index (κ2) is 4.33. The molecular formula is C8H14ClN3O3S. The maximum absolute atomic E-state index is 11.7. The number of halogens is 1. The zero-order valence-corrected chi connectivity index (χ0v) is 11.1. The Balaban J connectivity index is 2.92. The molecule has 0 radical (unpaired) electrons. The number of aromatic nitrogens is 2. The summed E-state index contributed by atoms with van der Waals surface area (Å²) >= 11 is 5.77. The summed E-state index contributed by atoms with van der Waals surface area (Å²) in [7, 11) is -2.24. The number of nitrogens with one attached hydrogen (secondary N) is 1. The van der Waals surface area contributed by atoms with E-state index in [0.717, 1.165) is 0 Å². The van der Waals surface area contributed by atoms with Crippen LogP contribution in [-0.4, -0.2) is 23.6 Å². The van der Waals surface area contributed by atoms with Gasteiger partial charge in [-0.2, -0.15) is 0 Å². The van der Waals surface area contributed by atoms with Crippen molar-refractivity contribution in [2.45, 2.75) is 31.4 Å². The standard InChI is InChI=1S/C8H14ClN3O3S/c1-8(2,3)15-11-16(13,14)7-6(9)12(4)5-10-7/h5,11H,1-4H3. The van der Waals surface area contributed by atoms with Crippen molar-refractivity contribution in [3.05, 3.63) is 11.5 Å². The van der Waals surface area contributed by atoms with Gasteiger partial charge in [0.15, 0.2) is 0 Å². The molecule has 0 saturated heterocycles. The second-order valence-corrected chi connectivity index (χ2v) is 6.17. The topological polar surface area (TPSA) is 73.2 Å². The van der Waals surface area contributed by atoms with E-state index in [1.54, 1.807) is 27.8 Å². The van der Waals surface area contributed by atoms with Gasteiger partial charge in [0.2, 0.25) is 5.03 Å². The van der Waals surface area contributed by atoms with Gasteiger partial charge in [-0.25, -0.2) is 13.4 Å². The van der Waals surface area contributed by atoms with Crippen LogP contribution in [0.4, 0.5) is 0 Å². The lowest BCUT2D eigenvalue weighted by Crippen LogP contribution is -2.33. The number of imidazole rings is 1. The Hall–Kier alpha value is -0.630. The smallest absolute Gasteiger partial charge is 0.283 e. The van der Waals surface area contributed by atoms with Crippen molar-refractivity contribution in [2.24, 2.45) is 7.05 Å². The SMILES string of the molecule is Cn1cnc(S(=O)(=O)NOC(C)(C)C)c1Cl. The Kier molecular flexibility index (Phi) is 3.63. The van der Waals surface area contributed by atoms with Crippen LogP contribution in [0.5, 0.6) is 0 Å². The van der Waals surface area contributed by atoms with Crippen molar-refractivity contribution in [3.63, 3.8) is 0 Å². The highest BCUT2D eigenvalue weighted by Gasteiger charge is 2.24. The molecule has 0 fully saturated rings. The molecule has 8 heteroatoms. The zero-order valence-electron chi connectivity index (χ0n) is 9.48. The second-order valence-electron chi connectivity index (χ2n) is 4.25. The van der Waals surface area contributed by atoms with Crippen LogP contribution < -0.4 is 4.89 Å². The number of nitrogens with zero attached hydrogens (tertiary/aromatic N) is 2. The molecule has 0 aliphatic heterocycles. The summed E-state index contributed by atoms with van der Waals surface area (Å²) in [6.45, 7) is 5.15. The van der Waals surface area contributed by atoms with Crippen molar-refractivity contribution < 1.29 is 13.3 Å². The Morgan fingerprint density at radius 3 is 2.44 bits per heavy atom. The summed E-state index contributed by atoms with van der Waals surface area (Å²) in [5.74, 6) is 0. The number of hydrogen-bond acceptors (Lipinski definition) is 4. The van der Waals surface area contributed by atoms with Crippen molar-refractivity contribution in [1.29, 1.82) is 0 Å². The Morgan fingerprint density at radius 2 is 2.06 bits per heavy atom. The largest absolute Gasteiger partial charge is 0.324 e. The Morgan fingerprint density at radius 1 is 1.50 bits per heavy atom. The lowest BCUT2D eigenvalue weighted by molar-refractivity contribution is -0.0358. The Labute approximate surface area is 99.6 Å². The third-order valence-electron chi connectivity index (χ3n) is 1.55. The molecule has 0 unspecified atom stereocenters. The lowest BCUT2D eigenvalue weighted by atomic mass is 10.2. The molecule has 1 aromatic heterocycles. The highest BCUT2D eigenvalue weighted by atomic mass is 35.5. The van der Waals surface area contributed by atoms with E-state index < -0.39 is 15.6 Å². The molecule has 1 aromatic rings. The molecule has 1 rings (SSSR count). The third-order valence-corrected chi connectivity index (χ3v) is 3.21. The first kappa shape index (κ1) is 13.4. The van der Waals surface area contributed by atoms with Gasteiger partial charge >= 0.3 is 0 Å². The number of aryl methyl sites for hydroxylation is 1. The monoisotopic (exact) mass is 267 g/mol. The third kappa shape index (κ3) is 3.18. The average molecular weight is 268 g/mol. The van der Waals surface area contributed by atoms with E-state index >= 15 is 0 Å². The number of hydrogen-bond donors (Lipinski definition) is 1. The predicted octanol–water partition coefficient (Wildman–Crippen LogP) is 1.08. The number of rotatable bonds is 3. The molecule has 92 valence electrons. The summed E-state index contributed by atoms with van der Waals surface area (Å²) in [6, 6.07) is 0. The fourth-order valence-electron chi connectivity index (χ4n) is 0.793. The van der Waals surface area contributed by atoms with Crippen LogP contribution in [0.25, 0.3) is 0 Å². The summed E-state index contributed by atoms with van der Waals surface area (Å²) < 4.78 is 24.8. The van der Waals surface area contributed by atoms with E-state index in [4.69, 9.17) is 16.4 Å². The zero-order chi connectivity index (χ0) is 12.6. The molecule has 0 aromatic carbocycles. The minimum Gasteiger partial charge on any atom is -0.324 e. The molecule has 6 nitrogen and oxygen atoms in total. The Bertz CT molecular complexity index is 475. The molecule has 0 spiro atoms. The van der Waals surface area contributed by atoms with Crippen LogP contribution in [0.15, 0.2) is 11.4 Å². The van der Waals surface area contributed by atoms with Gasteiger partial charge in [0.25, 0.3) is 10.0 Å². The molecule has 0 amide bonds. The van der Waals surface area contributed by atoms with Gasteiger partial charge in [-0.05, 0) is 20.8 Å². The van der Waals surface area contributed by atoms with E-state index in [0.29, 0.717) is 0 Å². The first-order chi connectivity index (χ1) is 7.13. The highest BCUT2D eigenvalue weighted by Crippen LogP contribution is 2.18. The van der Waals surface area contributed by atoms with Gasteiger partial charge < -0.3 is 4.57 Å². The van der Waals surface area contributed by atoms with Gasteiger partial charge in [-0.1, -0.05) is 16.5 Å². The summed E-state index contributed by atoms with van der Waals surface area (Å²) in [4.78, 5) is 10.6. The van der Waals surface area contributed by atoms with Gasteiger partial charge in [0.05, 0.1) is 11.9 Å². The van der Waals surface area contributed by atoms with Gasteiger partial charge in [-0.15, -0.1) is 0 Å². The average Bonchev–Trinajstić information content (AvgIpc) is 2.44. The summed E-state index contributed by atoms with van der Waals surface area (Å²) in [5, 5.41) is -0.217. The lowest BCUT2D eigenvalue weighted by Gasteiger charge is -2.18. The van der Waals surface area contributed by atoms with Crippen molar-refractivity contribution in [2.75, 3.05) is 0 Å². The van der Waals surface area contributed by atoms with E-state index in [-0.39, 0.29) is 10.2 Å².